The molecule has 0 radical (unpaired) electrons. The predicted octanol–water partition coefficient (Wildman–Crippen LogP) is 9.56. The molecule has 202 valence electrons. The number of aromatic nitrogens is 1. The van der Waals surface area contributed by atoms with Crippen LogP contribution in [0.1, 0.15) is 55.9 Å². The molecule has 5 aromatic rings. The number of carbonyl (C=O) groups excluding carboxylic acids is 1. The maximum atomic E-state index is 13.7. The third-order valence-electron chi connectivity index (χ3n) is 7.36. The molecule has 0 fully saturated rings. The van der Waals surface area contributed by atoms with E-state index in [-0.39, 0.29) is 5.91 Å². The number of nitrogens with one attached hydrogen (secondary N) is 1. The molecular formula is C33H29Cl2N3OS. The predicted molar refractivity (Wildman–Crippen MR) is 170 cm³/mol. The number of para-hydroxylation sites is 1. The molecule has 1 N–H and O–H groups in total. The molecule has 0 spiro atoms. The number of amides is 1. The van der Waals surface area contributed by atoms with Gasteiger partial charge in [-0.15, -0.1) is 11.3 Å². The SMILES string of the molecule is Cc1cc(C)cc(NC(=O)c2c(N=Cc3cn(Cc4ccc(Cl)cc4Cl)c4ccccc34)sc3c2CCCC3)c1. The second-order valence-corrected chi connectivity index (χ2v) is 12.4. The molecule has 1 amide bonds. The van der Waals surface area contributed by atoms with Gasteiger partial charge in [-0.3, -0.25) is 4.79 Å². The Hall–Kier alpha value is -3.38. The topological polar surface area (TPSA) is 46.4 Å². The fraction of sp³-hybridized carbons (Fsp3) is 0.212. The molecule has 0 unspecified atom stereocenters. The minimum absolute atomic E-state index is 0.0867. The number of carbonyl (C=O) groups is 1. The molecule has 0 saturated heterocycles. The van der Waals surface area contributed by atoms with Crippen molar-refractivity contribution < 1.29 is 4.79 Å². The Bertz CT molecular complexity index is 1760. The van der Waals surface area contributed by atoms with Crippen LogP contribution in [-0.4, -0.2) is 16.7 Å². The van der Waals surface area contributed by atoms with Gasteiger partial charge in [-0.05, 0) is 92.1 Å². The quantitative estimate of drug-likeness (QED) is 0.198. The van der Waals surface area contributed by atoms with E-state index in [0.717, 1.165) is 75.1 Å². The number of aryl methyl sites for hydroxylation is 3. The highest BCUT2D eigenvalue weighted by Crippen LogP contribution is 2.40. The standard InChI is InChI=1S/C33H29Cl2N3OS/c1-20-13-21(2)15-25(14-20)37-32(39)31-27-8-4-6-10-30(27)40-33(31)36-17-23-19-38(29-9-5-3-7-26(23)29)18-22-11-12-24(34)16-28(22)35/h3,5,7,9,11-17,19H,4,6,8,10,18H2,1-2H3,(H,37,39). The Morgan fingerprint density at radius 3 is 2.60 bits per heavy atom. The molecule has 2 heterocycles. The van der Waals surface area contributed by atoms with Gasteiger partial charge in [0.05, 0.1) is 5.56 Å². The van der Waals surface area contributed by atoms with Crippen molar-refractivity contribution in [1.82, 2.24) is 4.57 Å². The molecule has 4 nitrogen and oxygen atoms in total. The van der Waals surface area contributed by atoms with E-state index >= 15 is 0 Å². The highest BCUT2D eigenvalue weighted by atomic mass is 35.5. The lowest BCUT2D eigenvalue weighted by Crippen LogP contribution is -2.15. The first-order valence-electron chi connectivity index (χ1n) is 13.5. The average Bonchev–Trinajstić information content (AvgIpc) is 3.46. The molecule has 0 atom stereocenters. The molecule has 0 aliphatic heterocycles. The van der Waals surface area contributed by atoms with Gasteiger partial charge in [0.25, 0.3) is 5.91 Å². The molecule has 0 bridgehead atoms. The zero-order chi connectivity index (χ0) is 27.8. The minimum Gasteiger partial charge on any atom is -0.342 e. The summed E-state index contributed by atoms with van der Waals surface area (Å²) in [7, 11) is 0. The molecule has 2 aromatic heterocycles. The Balaban J connectivity index is 1.36. The summed E-state index contributed by atoms with van der Waals surface area (Å²) >= 11 is 14.3. The van der Waals surface area contributed by atoms with Gasteiger partial charge in [-0.2, -0.15) is 0 Å². The third-order valence-corrected chi connectivity index (χ3v) is 9.14. The maximum absolute atomic E-state index is 13.7. The van der Waals surface area contributed by atoms with Crippen molar-refractivity contribution in [3.63, 3.8) is 0 Å². The van der Waals surface area contributed by atoms with Crippen LogP contribution in [0.25, 0.3) is 10.9 Å². The fourth-order valence-corrected chi connectivity index (χ4v) is 7.29. The van der Waals surface area contributed by atoms with Crippen molar-refractivity contribution in [3.05, 3.63) is 115 Å². The summed E-state index contributed by atoms with van der Waals surface area (Å²) in [6.07, 6.45) is 8.15. The second-order valence-electron chi connectivity index (χ2n) is 10.4. The summed E-state index contributed by atoms with van der Waals surface area (Å²) in [5.74, 6) is -0.0867. The number of halogens is 2. The molecule has 1 aliphatic carbocycles. The largest absolute Gasteiger partial charge is 0.342 e. The zero-order valence-electron chi connectivity index (χ0n) is 22.4. The summed E-state index contributed by atoms with van der Waals surface area (Å²) in [5.41, 5.74) is 8.01. The van der Waals surface area contributed by atoms with Crippen LogP contribution in [0.2, 0.25) is 10.0 Å². The second kappa shape index (κ2) is 11.2. The Morgan fingerprint density at radius 2 is 1.80 bits per heavy atom. The number of fused-ring (bicyclic) bond motifs is 2. The summed E-state index contributed by atoms with van der Waals surface area (Å²) in [6, 6.07) is 20.0. The number of hydrogen-bond donors (Lipinski definition) is 1. The number of benzene rings is 3. The Morgan fingerprint density at radius 1 is 1.02 bits per heavy atom. The van der Waals surface area contributed by atoms with E-state index in [1.807, 2.05) is 56.5 Å². The Labute approximate surface area is 248 Å². The smallest absolute Gasteiger partial charge is 0.259 e. The zero-order valence-corrected chi connectivity index (χ0v) is 24.8. The highest BCUT2D eigenvalue weighted by Gasteiger charge is 2.25. The van der Waals surface area contributed by atoms with Crippen molar-refractivity contribution in [2.24, 2.45) is 4.99 Å². The summed E-state index contributed by atoms with van der Waals surface area (Å²) in [5, 5.41) is 6.28. The Kier molecular flexibility index (Phi) is 7.54. The lowest BCUT2D eigenvalue weighted by molar-refractivity contribution is 0.102. The van der Waals surface area contributed by atoms with E-state index in [2.05, 4.69) is 34.3 Å². The molecule has 6 rings (SSSR count). The van der Waals surface area contributed by atoms with Crippen LogP contribution in [0.3, 0.4) is 0 Å². The normalized spacial score (nSPS) is 13.2. The first-order valence-corrected chi connectivity index (χ1v) is 15.0. The van der Waals surface area contributed by atoms with E-state index in [1.54, 1.807) is 17.4 Å². The number of aliphatic imine (C=N–C) groups is 1. The van der Waals surface area contributed by atoms with Crippen LogP contribution in [0.4, 0.5) is 10.7 Å². The van der Waals surface area contributed by atoms with E-state index in [9.17, 15) is 4.79 Å². The fourth-order valence-electron chi connectivity index (χ4n) is 5.59. The monoisotopic (exact) mass is 585 g/mol. The van der Waals surface area contributed by atoms with Crippen molar-refractivity contribution in [3.8, 4) is 0 Å². The first-order chi connectivity index (χ1) is 19.4. The van der Waals surface area contributed by atoms with Gasteiger partial charge in [-0.1, -0.05) is 53.5 Å². The number of thiophene rings is 1. The molecule has 1 aliphatic rings. The number of nitrogens with zero attached hydrogens (tertiary/aromatic N) is 2. The molecule has 3 aromatic carbocycles. The summed E-state index contributed by atoms with van der Waals surface area (Å²) < 4.78 is 2.18. The third kappa shape index (κ3) is 5.46. The number of anilines is 1. The lowest BCUT2D eigenvalue weighted by Gasteiger charge is -2.13. The van der Waals surface area contributed by atoms with Crippen LogP contribution in [0, 0.1) is 13.8 Å². The van der Waals surface area contributed by atoms with Crippen molar-refractivity contribution >= 4 is 68.3 Å². The van der Waals surface area contributed by atoms with Crippen LogP contribution in [0.5, 0.6) is 0 Å². The van der Waals surface area contributed by atoms with Gasteiger partial charge in [0, 0.05) is 56.0 Å². The van der Waals surface area contributed by atoms with Gasteiger partial charge >= 0.3 is 0 Å². The van der Waals surface area contributed by atoms with E-state index < -0.39 is 0 Å². The molecular weight excluding hydrogens is 557 g/mol. The first kappa shape index (κ1) is 26.8. The van der Waals surface area contributed by atoms with E-state index in [4.69, 9.17) is 28.2 Å². The van der Waals surface area contributed by atoms with Crippen LogP contribution in [-0.2, 0) is 19.4 Å². The number of hydrogen-bond acceptors (Lipinski definition) is 3. The van der Waals surface area contributed by atoms with Crippen LogP contribution >= 0.6 is 34.5 Å². The average molecular weight is 587 g/mol. The van der Waals surface area contributed by atoms with Crippen LogP contribution < -0.4 is 5.32 Å². The lowest BCUT2D eigenvalue weighted by atomic mass is 9.95. The van der Waals surface area contributed by atoms with Gasteiger partial charge in [-0.25, -0.2) is 4.99 Å². The van der Waals surface area contributed by atoms with Gasteiger partial charge in [0.2, 0.25) is 0 Å². The van der Waals surface area contributed by atoms with Gasteiger partial charge in [0.1, 0.15) is 5.00 Å². The molecule has 7 heteroatoms. The van der Waals surface area contributed by atoms with E-state index in [0.29, 0.717) is 22.2 Å². The van der Waals surface area contributed by atoms with Crippen molar-refractivity contribution in [2.75, 3.05) is 5.32 Å². The van der Waals surface area contributed by atoms with Crippen molar-refractivity contribution in [2.45, 2.75) is 46.1 Å². The van der Waals surface area contributed by atoms with E-state index in [1.165, 1.54) is 4.88 Å². The highest BCUT2D eigenvalue weighted by molar-refractivity contribution is 7.16. The minimum atomic E-state index is -0.0867. The number of rotatable bonds is 6. The molecule has 0 saturated carbocycles. The molecule has 40 heavy (non-hydrogen) atoms. The maximum Gasteiger partial charge on any atom is 0.259 e. The van der Waals surface area contributed by atoms with Gasteiger partial charge < -0.3 is 9.88 Å². The summed E-state index contributed by atoms with van der Waals surface area (Å²) in [4.78, 5) is 19.9. The summed E-state index contributed by atoms with van der Waals surface area (Å²) in [6.45, 7) is 4.70. The van der Waals surface area contributed by atoms with Gasteiger partial charge in [0.15, 0.2) is 0 Å². The van der Waals surface area contributed by atoms with Crippen molar-refractivity contribution in [1.29, 1.82) is 0 Å². The van der Waals surface area contributed by atoms with Crippen LogP contribution in [0.15, 0.2) is 71.9 Å².